The predicted octanol–water partition coefficient (Wildman–Crippen LogP) is -6.31. The van der Waals surface area contributed by atoms with Crippen LogP contribution in [0.2, 0.25) is 0 Å². The fourth-order valence-electron chi connectivity index (χ4n) is 2.51. The van der Waals surface area contributed by atoms with E-state index in [9.17, 15) is 24.6 Å². The van der Waals surface area contributed by atoms with Crippen LogP contribution in [0.3, 0.4) is 0 Å². The molecule has 9 nitrogen and oxygen atoms in total. The fourth-order valence-corrected chi connectivity index (χ4v) is 2.51. The second-order valence-electron chi connectivity index (χ2n) is 5.75. The first-order valence-corrected chi connectivity index (χ1v) is 8.08. The van der Waals surface area contributed by atoms with Crippen molar-refractivity contribution >= 4 is 22.9 Å². The van der Waals surface area contributed by atoms with Crippen molar-refractivity contribution in [1.82, 2.24) is 4.98 Å². The Hall–Kier alpha value is -1.88. The second kappa shape index (κ2) is 11.5. The van der Waals surface area contributed by atoms with Gasteiger partial charge in [-0.3, -0.25) is 0 Å². The van der Waals surface area contributed by atoms with E-state index in [4.69, 9.17) is 13.9 Å². The molecule has 30 heavy (non-hydrogen) atoms. The van der Waals surface area contributed by atoms with E-state index in [0.717, 1.165) is 23.1 Å². The number of ether oxygens (including phenoxy) is 2. The third-order valence-electron chi connectivity index (χ3n) is 3.76. The number of nitrogens with zero attached hydrogens (tertiary/aromatic N) is 1. The molecule has 0 aliphatic heterocycles. The van der Waals surface area contributed by atoms with Crippen molar-refractivity contribution in [2.75, 3.05) is 13.2 Å². The molecule has 2 aromatic heterocycles. The third kappa shape index (κ3) is 6.56. The fraction of sp³-hybridized carbons (Fsp3) is 0.158. The van der Waals surface area contributed by atoms with Gasteiger partial charge in [0.15, 0.2) is 0 Å². The van der Waals surface area contributed by atoms with Gasteiger partial charge in [-0.1, -0.05) is 0 Å². The van der Waals surface area contributed by atoms with E-state index < -0.39 is 29.0 Å². The monoisotopic (exact) mass is 429 g/mol. The van der Waals surface area contributed by atoms with E-state index in [1.807, 2.05) is 0 Å². The third-order valence-corrected chi connectivity index (χ3v) is 3.76. The number of carbonyl (C=O) groups is 2. The molecule has 0 aliphatic carbocycles. The maximum Gasteiger partial charge on any atom is 1.00 e. The van der Waals surface area contributed by atoms with Crippen LogP contribution in [0.5, 0.6) is 11.5 Å². The van der Waals surface area contributed by atoms with Gasteiger partial charge in [0.2, 0.25) is 0 Å². The van der Waals surface area contributed by atoms with Crippen molar-refractivity contribution in [3.8, 4) is 11.5 Å². The van der Waals surface area contributed by atoms with Crippen LogP contribution in [-0.2, 0) is 0 Å². The van der Waals surface area contributed by atoms with Gasteiger partial charge >= 0.3 is 64.7 Å². The Morgan fingerprint density at radius 3 is 2.07 bits per heavy atom. The molecule has 144 valence electrons. The Morgan fingerprint density at radius 1 is 0.933 bits per heavy atom. The van der Waals surface area contributed by atoms with Crippen molar-refractivity contribution in [1.29, 1.82) is 0 Å². The number of benzene rings is 1. The molecule has 0 radical (unpaired) electrons. The van der Waals surface area contributed by atoms with Crippen molar-refractivity contribution in [2.45, 2.75) is 6.92 Å². The van der Waals surface area contributed by atoms with Gasteiger partial charge < -0.3 is 33.7 Å². The number of carboxylic acids is 2. The normalized spacial score (nSPS) is 9.90. The van der Waals surface area contributed by atoms with E-state index in [-0.39, 0.29) is 78.1 Å². The van der Waals surface area contributed by atoms with Gasteiger partial charge in [-0.05, 0) is 24.6 Å². The minimum absolute atomic E-state index is 0. The van der Waals surface area contributed by atoms with Crippen molar-refractivity contribution in [2.24, 2.45) is 0 Å². The predicted molar refractivity (Wildman–Crippen MR) is 91.1 cm³/mol. The SMILES string of the molecule is Cc1cc(=O)oc2cc(OCCOc3cc(C(=O)[O-])nc(C(=O)[O-])c3)ccc12.[Na+].[Na+]. The van der Waals surface area contributed by atoms with Gasteiger partial charge in [0, 0.05) is 29.7 Å². The molecule has 0 bridgehead atoms. The summed E-state index contributed by atoms with van der Waals surface area (Å²) in [5.41, 5.74) is -0.466. The molecule has 0 amide bonds. The molecular formula is C19H13NNa2O8. The quantitative estimate of drug-likeness (QED) is 0.204. The standard InChI is InChI=1S/C19H15NO8.2Na/c1-10-6-17(21)28-16-9-11(2-3-13(10)16)26-4-5-27-12-7-14(18(22)23)20-15(8-12)19(24)25;;/h2-3,6-9H,4-5H2,1H3,(H,22,23)(H,24,25);;/q;2*+1/p-2. The van der Waals surface area contributed by atoms with Crippen molar-refractivity contribution in [3.05, 3.63) is 63.8 Å². The van der Waals surface area contributed by atoms with Gasteiger partial charge in [0.1, 0.15) is 30.3 Å². The summed E-state index contributed by atoms with van der Waals surface area (Å²) in [5, 5.41) is 22.6. The van der Waals surface area contributed by atoms with Crippen LogP contribution in [-0.4, -0.2) is 30.1 Å². The molecule has 11 heteroatoms. The molecule has 0 aliphatic rings. The zero-order valence-corrected chi connectivity index (χ0v) is 20.6. The number of aromatic carboxylic acids is 2. The van der Waals surface area contributed by atoms with E-state index in [1.54, 1.807) is 25.1 Å². The minimum Gasteiger partial charge on any atom is -0.543 e. The zero-order chi connectivity index (χ0) is 20.3. The van der Waals surface area contributed by atoms with Crippen molar-refractivity contribution < 1.29 is 92.8 Å². The van der Waals surface area contributed by atoms with Crippen LogP contribution in [0.15, 0.2) is 45.6 Å². The number of hydrogen-bond donors (Lipinski definition) is 0. The van der Waals surface area contributed by atoms with Crippen LogP contribution < -0.4 is 84.4 Å². The first-order valence-electron chi connectivity index (χ1n) is 8.08. The number of aryl methyl sites for hydroxylation is 1. The van der Waals surface area contributed by atoms with Gasteiger partial charge in [0.25, 0.3) is 0 Å². The average molecular weight is 429 g/mol. The zero-order valence-electron chi connectivity index (χ0n) is 16.6. The largest absolute Gasteiger partial charge is 1.00 e. The summed E-state index contributed by atoms with van der Waals surface area (Å²) in [7, 11) is 0. The van der Waals surface area contributed by atoms with Gasteiger partial charge in [-0.15, -0.1) is 0 Å². The molecule has 0 saturated carbocycles. The summed E-state index contributed by atoms with van der Waals surface area (Å²) in [6, 6.07) is 8.49. The molecular weight excluding hydrogens is 416 g/mol. The first-order chi connectivity index (χ1) is 13.3. The molecule has 3 aromatic rings. The number of aromatic nitrogens is 1. The smallest absolute Gasteiger partial charge is 0.543 e. The van der Waals surface area contributed by atoms with Crippen LogP contribution in [0.1, 0.15) is 26.5 Å². The van der Waals surface area contributed by atoms with Gasteiger partial charge in [-0.25, -0.2) is 9.78 Å². The Kier molecular flexibility index (Phi) is 10.0. The summed E-state index contributed by atoms with van der Waals surface area (Å²) < 4.78 is 16.0. The van der Waals surface area contributed by atoms with E-state index in [1.165, 1.54) is 6.07 Å². The van der Waals surface area contributed by atoms with E-state index in [0.29, 0.717) is 11.3 Å². The molecule has 0 N–H and O–H groups in total. The summed E-state index contributed by atoms with van der Waals surface area (Å²) >= 11 is 0. The van der Waals surface area contributed by atoms with E-state index >= 15 is 0 Å². The molecule has 1 aromatic carbocycles. The van der Waals surface area contributed by atoms with Crippen LogP contribution >= 0.6 is 0 Å². The maximum atomic E-state index is 11.5. The summed E-state index contributed by atoms with van der Waals surface area (Å²) in [6.45, 7) is 1.84. The molecule has 2 heterocycles. The molecule has 0 spiro atoms. The van der Waals surface area contributed by atoms with Gasteiger partial charge in [-0.2, -0.15) is 0 Å². The summed E-state index contributed by atoms with van der Waals surface area (Å²) in [5.74, 6) is -2.88. The van der Waals surface area contributed by atoms with Crippen LogP contribution in [0.4, 0.5) is 0 Å². The maximum absolute atomic E-state index is 11.5. The number of fused-ring (bicyclic) bond motifs is 1. The number of pyridine rings is 1. The molecule has 0 atom stereocenters. The molecule has 0 fully saturated rings. The van der Waals surface area contributed by atoms with Crippen LogP contribution in [0.25, 0.3) is 11.0 Å². The van der Waals surface area contributed by atoms with Gasteiger partial charge in [0.05, 0.1) is 23.3 Å². The molecule has 0 unspecified atom stereocenters. The number of carbonyl (C=O) groups excluding carboxylic acids is 2. The molecule has 0 saturated heterocycles. The van der Waals surface area contributed by atoms with Crippen molar-refractivity contribution in [3.63, 3.8) is 0 Å². The number of hydrogen-bond acceptors (Lipinski definition) is 9. The molecule has 3 rings (SSSR count). The topological polar surface area (TPSA) is 142 Å². The first kappa shape index (κ1) is 26.2. The Labute approximate surface area is 214 Å². The second-order valence-corrected chi connectivity index (χ2v) is 5.75. The number of carboxylic acid groups (broad SMARTS) is 2. The Morgan fingerprint density at radius 2 is 1.50 bits per heavy atom. The Balaban J connectivity index is 0.00000225. The minimum atomic E-state index is -1.64. The Bertz CT molecular complexity index is 1100. The summed E-state index contributed by atoms with van der Waals surface area (Å²) in [6.07, 6.45) is 0. The van der Waals surface area contributed by atoms with E-state index in [2.05, 4.69) is 4.98 Å². The average Bonchev–Trinajstić information content (AvgIpc) is 2.64. The summed E-state index contributed by atoms with van der Waals surface area (Å²) in [4.78, 5) is 36.6. The number of rotatable bonds is 7. The van der Waals surface area contributed by atoms with Crippen LogP contribution in [0, 0.1) is 6.92 Å².